The number of carbonyl (C=O) groups is 2. The average molecular weight is 348 g/mol. The van der Waals surface area contributed by atoms with Gasteiger partial charge in [0, 0.05) is 18.3 Å². The molecule has 0 bridgehead atoms. The van der Waals surface area contributed by atoms with Crippen LogP contribution in [0.3, 0.4) is 0 Å². The van der Waals surface area contributed by atoms with Gasteiger partial charge in [0.25, 0.3) is 0 Å². The minimum atomic E-state index is -1.20. The van der Waals surface area contributed by atoms with Gasteiger partial charge in [-0.05, 0) is 74.5 Å². The quantitative estimate of drug-likeness (QED) is 0.764. The summed E-state index contributed by atoms with van der Waals surface area (Å²) in [6.07, 6.45) is 5.66. The van der Waals surface area contributed by atoms with Crippen LogP contribution >= 0.6 is 0 Å². The summed E-state index contributed by atoms with van der Waals surface area (Å²) < 4.78 is 0. The third-order valence-electron chi connectivity index (χ3n) is 9.23. The Balaban J connectivity index is 1.69. The molecule has 0 aromatic rings. The molecule has 0 aliphatic heterocycles. The highest BCUT2D eigenvalue weighted by atomic mass is 16.3. The van der Waals surface area contributed by atoms with Crippen molar-refractivity contribution in [1.82, 2.24) is 0 Å². The molecule has 0 spiro atoms. The molecular formula is C21H32O4. The molecule has 140 valence electrons. The molecule has 4 aliphatic rings. The molecule has 25 heavy (non-hydrogen) atoms. The van der Waals surface area contributed by atoms with Gasteiger partial charge in [-0.2, -0.15) is 0 Å². The fraction of sp³-hybridized carbons (Fsp3) is 0.905. The van der Waals surface area contributed by atoms with Crippen molar-refractivity contribution in [2.45, 2.75) is 83.8 Å². The molecule has 2 N–H and O–H groups in total. The van der Waals surface area contributed by atoms with E-state index in [1.54, 1.807) is 0 Å². The molecule has 0 heterocycles. The first-order chi connectivity index (χ1) is 11.6. The first-order valence-electron chi connectivity index (χ1n) is 10.1. The highest BCUT2D eigenvalue weighted by Gasteiger charge is 2.67. The average Bonchev–Trinajstić information content (AvgIpc) is 2.83. The number of hydrogen-bond acceptors (Lipinski definition) is 4. The molecule has 4 fully saturated rings. The predicted molar refractivity (Wildman–Crippen MR) is 93.8 cm³/mol. The molecule has 4 rings (SSSR count). The number of aliphatic hydroxyl groups excluding tert-OH is 1. The maximum Gasteiger partial charge on any atom is 0.161 e. The summed E-state index contributed by atoms with van der Waals surface area (Å²) in [6.45, 7) is 5.92. The van der Waals surface area contributed by atoms with E-state index in [0.717, 1.165) is 32.1 Å². The number of aliphatic hydroxyl groups is 2. The molecule has 4 saturated carbocycles. The van der Waals surface area contributed by atoms with Gasteiger partial charge in [0.15, 0.2) is 5.78 Å². The van der Waals surface area contributed by atoms with Crippen molar-refractivity contribution in [3.8, 4) is 0 Å². The van der Waals surface area contributed by atoms with Gasteiger partial charge >= 0.3 is 0 Å². The van der Waals surface area contributed by atoms with Crippen LogP contribution in [0.2, 0.25) is 0 Å². The predicted octanol–water partition coefficient (Wildman–Crippen LogP) is 2.89. The molecule has 0 saturated heterocycles. The van der Waals surface area contributed by atoms with Crippen LogP contribution in [0.4, 0.5) is 0 Å². The minimum Gasteiger partial charge on any atom is -0.393 e. The lowest BCUT2D eigenvalue weighted by Crippen LogP contribution is -2.60. The van der Waals surface area contributed by atoms with Gasteiger partial charge < -0.3 is 10.2 Å². The Bertz CT molecular complexity index is 615. The van der Waals surface area contributed by atoms with Crippen LogP contribution < -0.4 is 0 Å². The number of carbonyl (C=O) groups excluding carboxylic acids is 2. The molecule has 4 aliphatic carbocycles. The maximum absolute atomic E-state index is 12.2. The van der Waals surface area contributed by atoms with E-state index in [4.69, 9.17) is 0 Å². The third-order valence-corrected chi connectivity index (χ3v) is 9.23. The first kappa shape index (κ1) is 17.7. The lowest BCUT2D eigenvalue weighted by atomic mass is 9.43. The molecule has 0 aromatic heterocycles. The van der Waals surface area contributed by atoms with Crippen LogP contribution in [0.5, 0.6) is 0 Å². The zero-order valence-electron chi connectivity index (χ0n) is 15.8. The fourth-order valence-corrected chi connectivity index (χ4v) is 7.68. The normalized spacial score (nSPS) is 55.2. The van der Waals surface area contributed by atoms with Gasteiger partial charge in [0.05, 0.1) is 6.10 Å². The molecule has 0 unspecified atom stereocenters. The van der Waals surface area contributed by atoms with Crippen LogP contribution in [0, 0.1) is 34.5 Å². The zero-order valence-corrected chi connectivity index (χ0v) is 15.8. The Morgan fingerprint density at radius 1 is 1.08 bits per heavy atom. The number of ketones is 2. The Kier molecular flexibility index (Phi) is 3.81. The number of Topliss-reactive ketones (excluding diaryl/α,β-unsaturated/α-hetero) is 2. The first-order valence-corrected chi connectivity index (χ1v) is 10.1. The van der Waals surface area contributed by atoms with Gasteiger partial charge in [0.1, 0.15) is 11.4 Å². The maximum atomic E-state index is 12.2. The van der Waals surface area contributed by atoms with Crippen LogP contribution in [0.15, 0.2) is 0 Å². The lowest BCUT2D eigenvalue weighted by Gasteiger charge is -2.61. The van der Waals surface area contributed by atoms with Crippen molar-refractivity contribution in [1.29, 1.82) is 0 Å². The highest BCUT2D eigenvalue weighted by Crippen LogP contribution is 2.68. The van der Waals surface area contributed by atoms with Crippen molar-refractivity contribution >= 4 is 11.6 Å². The van der Waals surface area contributed by atoms with E-state index in [2.05, 4.69) is 13.8 Å². The van der Waals surface area contributed by atoms with Crippen molar-refractivity contribution in [3.05, 3.63) is 0 Å². The van der Waals surface area contributed by atoms with E-state index in [9.17, 15) is 19.8 Å². The smallest absolute Gasteiger partial charge is 0.161 e. The highest BCUT2D eigenvalue weighted by molar-refractivity contribution is 5.86. The van der Waals surface area contributed by atoms with E-state index in [-0.39, 0.29) is 22.5 Å². The Hall–Kier alpha value is -0.740. The van der Waals surface area contributed by atoms with E-state index in [1.807, 2.05) is 0 Å². The largest absolute Gasteiger partial charge is 0.393 e. The summed E-state index contributed by atoms with van der Waals surface area (Å²) in [5.74, 6) is 1.45. The minimum absolute atomic E-state index is 0.0223. The number of fused-ring (bicyclic) bond motifs is 5. The van der Waals surface area contributed by atoms with E-state index in [0.29, 0.717) is 42.8 Å². The van der Waals surface area contributed by atoms with Crippen LogP contribution in [0.25, 0.3) is 0 Å². The summed E-state index contributed by atoms with van der Waals surface area (Å²) in [5, 5.41) is 22.0. The van der Waals surface area contributed by atoms with Gasteiger partial charge in [-0.15, -0.1) is 0 Å². The lowest BCUT2D eigenvalue weighted by molar-refractivity contribution is -0.184. The summed E-state index contributed by atoms with van der Waals surface area (Å²) in [6, 6.07) is 0. The summed E-state index contributed by atoms with van der Waals surface area (Å²) in [7, 11) is 0. The fourth-order valence-electron chi connectivity index (χ4n) is 7.68. The number of rotatable bonds is 1. The molecule has 0 radical (unpaired) electrons. The SMILES string of the molecule is CC(=O)[C@@]1(O)CC[C@H]2[C@@H]3C[C@@H](O)[C@H]4CC(=O)CC[C@]4(C)[C@H]3CC[C@@]21C. The third kappa shape index (κ3) is 2.13. The van der Waals surface area contributed by atoms with Gasteiger partial charge in [-0.1, -0.05) is 13.8 Å². The molecule has 0 aromatic carbocycles. The Morgan fingerprint density at radius 3 is 2.44 bits per heavy atom. The van der Waals surface area contributed by atoms with Crippen molar-refractivity contribution in [2.75, 3.05) is 0 Å². The monoisotopic (exact) mass is 348 g/mol. The van der Waals surface area contributed by atoms with E-state index in [1.165, 1.54) is 6.92 Å². The second-order valence-electron chi connectivity index (χ2n) is 9.95. The second-order valence-corrected chi connectivity index (χ2v) is 9.95. The summed E-state index contributed by atoms with van der Waals surface area (Å²) in [5.41, 5.74) is -1.55. The van der Waals surface area contributed by atoms with Crippen molar-refractivity contribution in [3.63, 3.8) is 0 Å². The molecule has 4 nitrogen and oxygen atoms in total. The summed E-state index contributed by atoms with van der Waals surface area (Å²) in [4.78, 5) is 24.2. The second kappa shape index (κ2) is 5.39. The van der Waals surface area contributed by atoms with Gasteiger partial charge in [0.2, 0.25) is 0 Å². The van der Waals surface area contributed by atoms with Crippen molar-refractivity contribution in [2.24, 2.45) is 34.5 Å². The zero-order chi connectivity index (χ0) is 18.2. The van der Waals surface area contributed by atoms with Gasteiger partial charge in [-0.3, -0.25) is 9.59 Å². The number of hydrogen-bond donors (Lipinski definition) is 2. The molecule has 8 atom stereocenters. The van der Waals surface area contributed by atoms with Crippen molar-refractivity contribution < 1.29 is 19.8 Å². The van der Waals surface area contributed by atoms with E-state index >= 15 is 0 Å². The van der Waals surface area contributed by atoms with Crippen LogP contribution in [-0.4, -0.2) is 33.5 Å². The molecule has 4 heteroatoms. The topological polar surface area (TPSA) is 74.6 Å². The Labute approximate surface area is 150 Å². The van der Waals surface area contributed by atoms with E-state index < -0.39 is 11.7 Å². The van der Waals surface area contributed by atoms with Crippen LogP contribution in [-0.2, 0) is 9.59 Å². The summed E-state index contributed by atoms with van der Waals surface area (Å²) >= 11 is 0. The Morgan fingerprint density at radius 2 is 1.76 bits per heavy atom. The molecular weight excluding hydrogens is 316 g/mol. The standard InChI is InChI=1S/C21H32O4/c1-12(22)21(25)9-6-16-14-11-18(24)17-10-13(23)4-7-19(17,2)15(14)5-8-20(16,21)3/h14-18,24-25H,4-11H2,1-3H3/t14-,15+,16+,17-,18-,19-,20+,21+/m1/s1. The van der Waals surface area contributed by atoms with Crippen LogP contribution in [0.1, 0.15) is 72.1 Å². The van der Waals surface area contributed by atoms with Gasteiger partial charge in [-0.25, -0.2) is 0 Å². The molecule has 0 amide bonds.